The molecule has 1 nitrogen and oxygen atoms in total. The largest absolute Gasteiger partial charge is 0.419 e. The molecule has 0 saturated carbocycles. The van der Waals surface area contributed by atoms with Gasteiger partial charge in [0.2, 0.25) is 0 Å². The first-order valence-corrected chi connectivity index (χ1v) is 6.47. The minimum atomic E-state index is -4.74. The molecule has 2 rings (SSSR count). The summed E-state index contributed by atoms with van der Waals surface area (Å²) in [6.07, 6.45) is -5.23. The van der Waals surface area contributed by atoms with Crippen molar-refractivity contribution in [2.75, 3.05) is 0 Å². The highest BCUT2D eigenvalue weighted by Crippen LogP contribution is 2.33. The van der Waals surface area contributed by atoms with Gasteiger partial charge in [0.15, 0.2) is 0 Å². The first-order valence-electron chi connectivity index (χ1n) is 6.47. The summed E-state index contributed by atoms with van der Waals surface area (Å²) in [4.78, 5) is 0. The fourth-order valence-corrected chi connectivity index (χ4v) is 2.23. The smallest absolute Gasteiger partial charge is 0.384 e. The van der Waals surface area contributed by atoms with E-state index in [1.165, 1.54) is 0 Å². The van der Waals surface area contributed by atoms with Crippen LogP contribution < -0.4 is 0 Å². The highest BCUT2D eigenvalue weighted by molar-refractivity contribution is 5.37. The Labute approximate surface area is 119 Å². The van der Waals surface area contributed by atoms with E-state index in [2.05, 4.69) is 0 Å². The zero-order chi connectivity index (χ0) is 15.6. The van der Waals surface area contributed by atoms with E-state index >= 15 is 0 Å². The minimum absolute atomic E-state index is 0.0985. The number of rotatable bonds is 3. The summed E-state index contributed by atoms with van der Waals surface area (Å²) in [7, 11) is 0. The average Bonchev–Trinajstić information content (AvgIpc) is 2.45. The van der Waals surface area contributed by atoms with Gasteiger partial charge in [-0.05, 0) is 35.2 Å². The van der Waals surface area contributed by atoms with Crippen LogP contribution in [0, 0.1) is 5.82 Å². The van der Waals surface area contributed by atoms with Gasteiger partial charge in [-0.1, -0.05) is 37.3 Å². The summed E-state index contributed by atoms with van der Waals surface area (Å²) < 4.78 is 51.1. The summed E-state index contributed by atoms with van der Waals surface area (Å²) in [6, 6.07) is 9.52. The maximum atomic E-state index is 13.6. The minimum Gasteiger partial charge on any atom is -0.384 e. The molecule has 0 radical (unpaired) electrons. The quantitative estimate of drug-likeness (QED) is 0.828. The normalized spacial score (nSPS) is 13.2. The second-order valence-electron chi connectivity index (χ2n) is 4.69. The first kappa shape index (κ1) is 15.5. The van der Waals surface area contributed by atoms with Crippen molar-refractivity contribution in [1.82, 2.24) is 0 Å². The van der Waals surface area contributed by atoms with E-state index in [1.807, 2.05) is 19.1 Å². The van der Waals surface area contributed by atoms with Crippen LogP contribution in [0.2, 0.25) is 0 Å². The van der Waals surface area contributed by atoms with E-state index in [0.29, 0.717) is 18.1 Å². The van der Waals surface area contributed by atoms with Crippen molar-refractivity contribution in [3.63, 3.8) is 0 Å². The lowest BCUT2D eigenvalue weighted by atomic mass is 9.95. The highest BCUT2D eigenvalue weighted by Gasteiger charge is 2.34. The van der Waals surface area contributed by atoms with Gasteiger partial charge in [-0.15, -0.1) is 0 Å². The fourth-order valence-electron chi connectivity index (χ4n) is 2.23. The molecule has 0 aliphatic heterocycles. The van der Waals surface area contributed by atoms with Gasteiger partial charge in [0.25, 0.3) is 0 Å². The van der Waals surface area contributed by atoms with Crippen molar-refractivity contribution in [3.8, 4) is 0 Å². The Morgan fingerprint density at radius 3 is 2.33 bits per heavy atom. The van der Waals surface area contributed by atoms with E-state index < -0.39 is 23.7 Å². The molecular formula is C16H14F4O. The molecule has 0 saturated heterocycles. The zero-order valence-corrected chi connectivity index (χ0v) is 11.3. The molecule has 0 fully saturated rings. The lowest BCUT2D eigenvalue weighted by Crippen LogP contribution is -2.10. The molecule has 2 aromatic rings. The summed E-state index contributed by atoms with van der Waals surface area (Å²) >= 11 is 0. The van der Waals surface area contributed by atoms with Crippen LogP contribution in [0.25, 0.3) is 0 Å². The van der Waals surface area contributed by atoms with Crippen molar-refractivity contribution < 1.29 is 22.7 Å². The number of hydrogen-bond donors (Lipinski definition) is 1. The van der Waals surface area contributed by atoms with E-state index in [4.69, 9.17) is 0 Å². The summed E-state index contributed by atoms with van der Waals surface area (Å²) in [5, 5.41) is 10.3. The summed E-state index contributed by atoms with van der Waals surface area (Å²) in [6.45, 7) is 1.90. The number of aliphatic hydroxyl groups is 1. The SMILES string of the molecule is CCc1ccccc1C(O)c1ccc(C(F)(F)F)c(F)c1. The average molecular weight is 298 g/mol. The third-order valence-corrected chi connectivity index (χ3v) is 3.34. The molecule has 112 valence electrons. The second kappa shape index (κ2) is 5.85. The molecular weight excluding hydrogens is 284 g/mol. The number of benzene rings is 2. The van der Waals surface area contributed by atoms with Crippen molar-refractivity contribution in [3.05, 3.63) is 70.5 Å². The van der Waals surface area contributed by atoms with E-state index in [1.54, 1.807) is 12.1 Å². The maximum absolute atomic E-state index is 13.6. The van der Waals surface area contributed by atoms with Gasteiger partial charge >= 0.3 is 6.18 Å². The third-order valence-electron chi connectivity index (χ3n) is 3.34. The van der Waals surface area contributed by atoms with Gasteiger partial charge < -0.3 is 5.11 Å². The van der Waals surface area contributed by atoms with Crippen LogP contribution in [0.3, 0.4) is 0 Å². The topological polar surface area (TPSA) is 20.2 Å². The Kier molecular flexibility index (Phi) is 4.32. The first-order chi connectivity index (χ1) is 9.84. The lowest BCUT2D eigenvalue weighted by Gasteiger charge is -2.16. The molecule has 0 aliphatic carbocycles. The molecule has 1 N–H and O–H groups in total. The molecule has 0 heterocycles. The molecule has 0 bridgehead atoms. The Hall–Kier alpha value is -1.88. The van der Waals surface area contributed by atoms with Crippen molar-refractivity contribution in [2.24, 2.45) is 0 Å². The Balaban J connectivity index is 2.41. The third kappa shape index (κ3) is 3.24. The molecule has 2 aromatic carbocycles. The van der Waals surface area contributed by atoms with E-state index in [-0.39, 0.29) is 5.56 Å². The highest BCUT2D eigenvalue weighted by atomic mass is 19.4. The number of alkyl halides is 3. The summed E-state index contributed by atoms with van der Waals surface area (Å²) in [5.41, 5.74) is 0.202. The molecule has 1 atom stereocenters. The molecule has 21 heavy (non-hydrogen) atoms. The van der Waals surface area contributed by atoms with Crippen molar-refractivity contribution >= 4 is 0 Å². The second-order valence-corrected chi connectivity index (χ2v) is 4.69. The molecule has 0 aliphatic rings. The molecule has 1 unspecified atom stereocenters. The summed E-state index contributed by atoms with van der Waals surface area (Å²) in [5.74, 6) is -1.38. The van der Waals surface area contributed by atoms with Crippen LogP contribution in [0.1, 0.15) is 35.3 Å². The number of hydrogen-bond acceptors (Lipinski definition) is 1. The molecule has 0 aromatic heterocycles. The van der Waals surface area contributed by atoms with E-state index in [9.17, 15) is 22.7 Å². The van der Waals surface area contributed by atoms with Crippen LogP contribution in [0.4, 0.5) is 17.6 Å². The van der Waals surface area contributed by atoms with Gasteiger partial charge in [0.1, 0.15) is 11.9 Å². The number of aryl methyl sites for hydroxylation is 1. The van der Waals surface area contributed by atoms with Crippen LogP contribution in [0.15, 0.2) is 42.5 Å². The molecule has 0 spiro atoms. The zero-order valence-electron chi connectivity index (χ0n) is 11.3. The van der Waals surface area contributed by atoms with Gasteiger partial charge in [0, 0.05) is 0 Å². The standard InChI is InChI=1S/C16H14F4O/c1-2-10-5-3-4-6-12(10)15(21)11-7-8-13(14(17)9-11)16(18,19)20/h3-9,15,21H,2H2,1H3. The van der Waals surface area contributed by atoms with Crippen molar-refractivity contribution in [1.29, 1.82) is 0 Å². The number of halogens is 4. The fraction of sp³-hybridized carbons (Fsp3) is 0.250. The van der Waals surface area contributed by atoms with Crippen LogP contribution in [-0.2, 0) is 12.6 Å². The maximum Gasteiger partial charge on any atom is 0.419 e. The van der Waals surface area contributed by atoms with Gasteiger partial charge in [-0.25, -0.2) is 4.39 Å². The molecule has 0 amide bonds. The van der Waals surface area contributed by atoms with Crippen molar-refractivity contribution in [2.45, 2.75) is 25.6 Å². The molecule has 5 heteroatoms. The Bertz CT molecular complexity index is 634. The Morgan fingerprint density at radius 1 is 1.10 bits per heavy atom. The van der Waals surface area contributed by atoms with Crippen LogP contribution in [-0.4, -0.2) is 5.11 Å². The lowest BCUT2D eigenvalue weighted by molar-refractivity contribution is -0.140. The van der Waals surface area contributed by atoms with Gasteiger partial charge in [-0.2, -0.15) is 13.2 Å². The number of aliphatic hydroxyl groups excluding tert-OH is 1. The van der Waals surface area contributed by atoms with Gasteiger partial charge in [0.05, 0.1) is 5.56 Å². The monoisotopic (exact) mass is 298 g/mol. The Morgan fingerprint density at radius 2 is 1.76 bits per heavy atom. The van der Waals surface area contributed by atoms with Crippen LogP contribution >= 0.6 is 0 Å². The van der Waals surface area contributed by atoms with E-state index in [0.717, 1.165) is 17.7 Å². The van der Waals surface area contributed by atoms with Crippen LogP contribution in [0.5, 0.6) is 0 Å². The van der Waals surface area contributed by atoms with Gasteiger partial charge in [-0.3, -0.25) is 0 Å². The predicted octanol–water partition coefficient (Wildman–Crippen LogP) is 4.49. The predicted molar refractivity (Wildman–Crippen MR) is 71.3 cm³/mol.